The van der Waals surface area contributed by atoms with E-state index in [1.807, 2.05) is 12.1 Å². The first kappa shape index (κ1) is 12.5. The molecule has 0 fully saturated rings. The van der Waals surface area contributed by atoms with Gasteiger partial charge in [-0.25, -0.2) is 0 Å². The van der Waals surface area contributed by atoms with Gasteiger partial charge in [-0.15, -0.1) is 0 Å². The maximum absolute atomic E-state index is 11.3. The summed E-state index contributed by atoms with van der Waals surface area (Å²) in [6.45, 7) is 2.17. The molecule has 0 saturated heterocycles. The van der Waals surface area contributed by atoms with Crippen molar-refractivity contribution in [3.05, 3.63) is 29.8 Å². The highest BCUT2D eigenvalue weighted by Gasteiger charge is 2.15. The molecule has 0 aromatic heterocycles. The van der Waals surface area contributed by atoms with Gasteiger partial charge in [0, 0.05) is 12.8 Å². The zero-order chi connectivity index (χ0) is 12.0. The Bertz CT molecular complexity index is 335. The van der Waals surface area contributed by atoms with Crippen LogP contribution in [0.25, 0.3) is 0 Å². The van der Waals surface area contributed by atoms with Gasteiger partial charge in [-0.1, -0.05) is 12.1 Å². The van der Waals surface area contributed by atoms with E-state index < -0.39 is 0 Å². The molecule has 2 N–H and O–H groups in total. The highest BCUT2D eigenvalue weighted by molar-refractivity contribution is 5.70. The monoisotopic (exact) mass is 223 g/mol. The molecule has 0 unspecified atom stereocenters. The van der Waals surface area contributed by atoms with Crippen LogP contribution in [0.3, 0.4) is 0 Å². The van der Waals surface area contributed by atoms with Crippen molar-refractivity contribution in [2.24, 2.45) is 0 Å². The minimum absolute atomic E-state index is 0.217. The third kappa shape index (κ3) is 3.55. The Kier molecular flexibility index (Phi) is 4.79. The summed E-state index contributed by atoms with van der Waals surface area (Å²) in [5.41, 5.74) is 7.20. The standard InChI is InChI=1S/C12H17NO3/c1-3-16-12(14)8-11(15-2)9-4-6-10(13)7-5-9/h4-7,11H,3,8,13H2,1-2H3/t11-/m1/s1. The SMILES string of the molecule is CCOC(=O)C[C@@H](OC)c1ccc(N)cc1. The smallest absolute Gasteiger partial charge is 0.308 e. The van der Waals surface area contributed by atoms with Crippen molar-refractivity contribution in [3.8, 4) is 0 Å². The van der Waals surface area contributed by atoms with Gasteiger partial charge < -0.3 is 15.2 Å². The number of anilines is 1. The number of esters is 1. The fourth-order valence-electron chi connectivity index (χ4n) is 1.42. The van der Waals surface area contributed by atoms with E-state index >= 15 is 0 Å². The van der Waals surface area contributed by atoms with Crippen molar-refractivity contribution >= 4 is 11.7 Å². The van der Waals surface area contributed by atoms with E-state index in [2.05, 4.69) is 0 Å². The first-order valence-corrected chi connectivity index (χ1v) is 5.21. The molecule has 0 spiro atoms. The zero-order valence-corrected chi connectivity index (χ0v) is 9.60. The lowest BCUT2D eigenvalue weighted by Gasteiger charge is -2.14. The topological polar surface area (TPSA) is 61.5 Å². The van der Waals surface area contributed by atoms with Crippen LogP contribution >= 0.6 is 0 Å². The van der Waals surface area contributed by atoms with E-state index in [0.717, 1.165) is 5.56 Å². The Morgan fingerprint density at radius 2 is 2.00 bits per heavy atom. The Balaban J connectivity index is 2.67. The normalized spacial score (nSPS) is 12.1. The number of carbonyl (C=O) groups is 1. The number of rotatable bonds is 5. The van der Waals surface area contributed by atoms with E-state index in [0.29, 0.717) is 12.3 Å². The molecular formula is C12H17NO3. The molecule has 0 radical (unpaired) electrons. The summed E-state index contributed by atoms with van der Waals surface area (Å²) in [6.07, 6.45) is -0.0616. The lowest BCUT2D eigenvalue weighted by atomic mass is 10.1. The Hall–Kier alpha value is -1.55. The summed E-state index contributed by atoms with van der Waals surface area (Å²) in [6, 6.07) is 7.27. The number of hydrogen-bond donors (Lipinski definition) is 1. The Morgan fingerprint density at radius 3 is 2.50 bits per heavy atom. The number of benzene rings is 1. The second kappa shape index (κ2) is 6.12. The summed E-state index contributed by atoms with van der Waals surface area (Å²) in [5, 5.41) is 0. The van der Waals surface area contributed by atoms with Gasteiger partial charge in [0.25, 0.3) is 0 Å². The van der Waals surface area contributed by atoms with Gasteiger partial charge in [-0.3, -0.25) is 4.79 Å². The predicted octanol–water partition coefficient (Wildman–Crippen LogP) is 1.91. The van der Waals surface area contributed by atoms with E-state index in [1.165, 1.54) is 0 Å². The van der Waals surface area contributed by atoms with Crippen molar-refractivity contribution in [1.29, 1.82) is 0 Å². The second-order valence-electron chi connectivity index (χ2n) is 3.40. The quantitative estimate of drug-likeness (QED) is 0.612. The van der Waals surface area contributed by atoms with Gasteiger partial charge >= 0.3 is 5.97 Å². The molecule has 1 rings (SSSR count). The van der Waals surface area contributed by atoms with Gasteiger partial charge in [-0.05, 0) is 24.6 Å². The highest BCUT2D eigenvalue weighted by atomic mass is 16.5. The van der Waals surface area contributed by atoms with Crippen LogP contribution in [0.5, 0.6) is 0 Å². The number of nitrogens with two attached hydrogens (primary N) is 1. The zero-order valence-electron chi connectivity index (χ0n) is 9.60. The van der Waals surface area contributed by atoms with Crippen LogP contribution in [0.4, 0.5) is 5.69 Å². The molecule has 0 saturated carbocycles. The van der Waals surface area contributed by atoms with Crippen LogP contribution < -0.4 is 5.73 Å². The molecule has 4 heteroatoms. The molecule has 0 aliphatic heterocycles. The molecule has 1 aromatic rings. The molecule has 0 heterocycles. The van der Waals surface area contributed by atoms with Crippen molar-refractivity contribution in [2.75, 3.05) is 19.5 Å². The van der Waals surface area contributed by atoms with Crippen LogP contribution in [-0.4, -0.2) is 19.7 Å². The van der Waals surface area contributed by atoms with Crippen LogP contribution in [-0.2, 0) is 14.3 Å². The molecule has 88 valence electrons. The van der Waals surface area contributed by atoms with Crippen molar-refractivity contribution in [2.45, 2.75) is 19.4 Å². The fourth-order valence-corrected chi connectivity index (χ4v) is 1.42. The molecular weight excluding hydrogens is 206 g/mol. The van der Waals surface area contributed by atoms with Crippen LogP contribution in [0.1, 0.15) is 25.0 Å². The molecule has 4 nitrogen and oxygen atoms in total. The Morgan fingerprint density at radius 1 is 1.38 bits per heavy atom. The predicted molar refractivity (Wildman–Crippen MR) is 61.9 cm³/mol. The van der Waals surface area contributed by atoms with E-state index in [4.69, 9.17) is 15.2 Å². The minimum Gasteiger partial charge on any atom is -0.466 e. The fraction of sp³-hybridized carbons (Fsp3) is 0.417. The molecule has 0 bridgehead atoms. The lowest BCUT2D eigenvalue weighted by molar-refractivity contribution is -0.146. The van der Waals surface area contributed by atoms with E-state index in [9.17, 15) is 4.79 Å². The number of hydrogen-bond acceptors (Lipinski definition) is 4. The molecule has 1 atom stereocenters. The average Bonchev–Trinajstić information content (AvgIpc) is 2.27. The molecule has 0 amide bonds. The van der Waals surface area contributed by atoms with Crippen LogP contribution in [0.2, 0.25) is 0 Å². The summed E-state index contributed by atoms with van der Waals surface area (Å²) in [7, 11) is 1.57. The summed E-state index contributed by atoms with van der Waals surface area (Å²) >= 11 is 0. The van der Waals surface area contributed by atoms with E-state index in [-0.39, 0.29) is 18.5 Å². The van der Waals surface area contributed by atoms with Crippen molar-refractivity contribution in [1.82, 2.24) is 0 Å². The third-order valence-corrected chi connectivity index (χ3v) is 2.25. The molecule has 1 aromatic carbocycles. The van der Waals surface area contributed by atoms with Crippen molar-refractivity contribution < 1.29 is 14.3 Å². The first-order valence-electron chi connectivity index (χ1n) is 5.21. The number of carbonyl (C=O) groups excluding carboxylic acids is 1. The third-order valence-electron chi connectivity index (χ3n) is 2.25. The molecule has 0 aliphatic carbocycles. The Labute approximate surface area is 95.3 Å². The van der Waals surface area contributed by atoms with Gasteiger partial charge in [0.1, 0.15) is 0 Å². The average molecular weight is 223 g/mol. The second-order valence-corrected chi connectivity index (χ2v) is 3.40. The van der Waals surface area contributed by atoms with Crippen LogP contribution in [0.15, 0.2) is 24.3 Å². The summed E-state index contributed by atoms with van der Waals surface area (Å²) in [5.74, 6) is -0.258. The van der Waals surface area contributed by atoms with Crippen molar-refractivity contribution in [3.63, 3.8) is 0 Å². The largest absolute Gasteiger partial charge is 0.466 e. The number of ether oxygens (including phenoxy) is 2. The lowest BCUT2D eigenvalue weighted by Crippen LogP contribution is -2.11. The van der Waals surface area contributed by atoms with Gasteiger partial charge in [-0.2, -0.15) is 0 Å². The number of methoxy groups -OCH3 is 1. The summed E-state index contributed by atoms with van der Waals surface area (Å²) in [4.78, 5) is 11.3. The highest BCUT2D eigenvalue weighted by Crippen LogP contribution is 2.21. The summed E-state index contributed by atoms with van der Waals surface area (Å²) < 4.78 is 10.1. The minimum atomic E-state index is -0.278. The van der Waals surface area contributed by atoms with Gasteiger partial charge in [0.2, 0.25) is 0 Å². The van der Waals surface area contributed by atoms with Gasteiger partial charge in [0.05, 0.1) is 19.1 Å². The number of nitrogen functional groups attached to an aromatic ring is 1. The van der Waals surface area contributed by atoms with E-state index in [1.54, 1.807) is 26.2 Å². The maximum Gasteiger partial charge on any atom is 0.308 e. The maximum atomic E-state index is 11.3. The molecule has 0 aliphatic rings. The first-order chi connectivity index (χ1) is 7.67. The molecule has 16 heavy (non-hydrogen) atoms. The van der Waals surface area contributed by atoms with Gasteiger partial charge in [0.15, 0.2) is 0 Å². The van der Waals surface area contributed by atoms with Crippen LogP contribution in [0, 0.1) is 0 Å².